The topological polar surface area (TPSA) is 42.0 Å². The molecule has 0 amide bonds. The lowest BCUT2D eigenvalue weighted by Crippen LogP contribution is -2.32. The van der Waals surface area contributed by atoms with Gasteiger partial charge in [0.2, 0.25) is 0 Å². The van der Waals surface area contributed by atoms with Crippen LogP contribution in [0.25, 0.3) is 10.8 Å². The van der Waals surface area contributed by atoms with E-state index < -0.39 is 0 Å². The van der Waals surface area contributed by atoms with Gasteiger partial charge in [0.25, 0.3) is 0 Å². The molecule has 1 aliphatic heterocycles. The van der Waals surface area contributed by atoms with Gasteiger partial charge >= 0.3 is 0 Å². The maximum atomic E-state index is 12.5. The molecule has 0 atom stereocenters. The van der Waals surface area contributed by atoms with E-state index >= 15 is 0 Å². The van der Waals surface area contributed by atoms with Gasteiger partial charge in [0, 0.05) is 29.3 Å². The van der Waals surface area contributed by atoms with Gasteiger partial charge in [0.05, 0.1) is 0 Å². The minimum atomic E-state index is 0.152. The first kappa shape index (κ1) is 11.4. The third-order valence-electron chi connectivity index (χ3n) is 3.64. The van der Waals surface area contributed by atoms with Crippen LogP contribution in [0.1, 0.15) is 23.2 Å². The number of ketones is 1. The van der Waals surface area contributed by atoms with Crippen LogP contribution in [0.5, 0.6) is 0 Å². The van der Waals surface area contributed by atoms with E-state index in [1.165, 1.54) is 0 Å². The third kappa shape index (κ3) is 2.02. The molecule has 3 nitrogen and oxygen atoms in total. The van der Waals surface area contributed by atoms with Crippen LogP contribution in [-0.2, 0) is 0 Å². The molecule has 3 rings (SSSR count). The third-order valence-corrected chi connectivity index (χ3v) is 3.64. The molecule has 0 aliphatic carbocycles. The van der Waals surface area contributed by atoms with Crippen molar-refractivity contribution in [3.05, 3.63) is 42.2 Å². The van der Waals surface area contributed by atoms with E-state index in [2.05, 4.69) is 10.3 Å². The zero-order valence-corrected chi connectivity index (χ0v) is 10.2. The molecule has 1 saturated heterocycles. The summed E-state index contributed by atoms with van der Waals surface area (Å²) in [4.78, 5) is 16.7. The van der Waals surface area contributed by atoms with Crippen LogP contribution in [-0.4, -0.2) is 23.9 Å². The monoisotopic (exact) mass is 240 g/mol. The molecular formula is C15H16N2O. The molecule has 1 aromatic heterocycles. The first-order chi connectivity index (χ1) is 8.86. The summed E-state index contributed by atoms with van der Waals surface area (Å²) in [5, 5.41) is 5.35. The van der Waals surface area contributed by atoms with Gasteiger partial charge < -0.3 is 5.32 Å². The summed E-state index contributed by atoms with van der Waals surface area (Å²) >= 11 is 0. The van der Waals surface area contributed by atoms with E-state index in [0.717, 1.165) is 42.3 Å². The number of benzene rings is 1. The summed E-state index contributed by atoms with van der Waals surface area (Å²) in [6.07, 6.45) is 5.39. The molecule has 1 aromatic carbocycles. The van der Waals surface area contributed by atoms with Crippen molar-refractivity contribution >= 4 is 16.6 Å². The highest BCUT2D eigenvalue weighted by atomic mass is 16.1. The van der Waals surface area contributed by atoms with Gasteiger partial charge in [-0.2, -0.15) is 0 Å². The van der Waals surface area contributed by atoms with Crippen LogP contribution < -0.4 is 5.32 Å². The molecule has 0 spiro atoms. The number of Topliss-reactive ketones (excluding diaryl/α,β-unsaturated/α-hetero) is 1. The summed E-state index contributed by atoms with van der Waals surface area (Å²) in [7, 11) is 0. The average molecular weight is 240 g/mol. The summed E-state index contributed by atoms with van der Waals surface area (Å²) in [5.41, 5.74) is 0.778. The molecule has 0 bridgehead atoms. The number of carbonyl (C=O) groups is 1. The highest BCUT2D eigenvalue weighted by Gasteiger charge is 2.23. The number of pyridine rings is 1. The molecule has 18 heavy (non-hydrogen) atoms. The molecule has 2 heterocycles. The Morgan fingerprint density at radius 1 is 1.17 bits per heavy atom. The predicted octanol–water partition coefficient (Wildman–Crippen LogP) is 2.42. The number of hydrogen-bond acceptors (Lipinski definition) is 3. The van der Waals surface area contributed by atoms with Crippen LogP contribution in [0.3, 0.4) is 0 Å². The Labute approximate surface area is 106 Å². The Balaban J connectivity index is 2.00. The zero-order valence-electron chi connectivity index (χ0n) is 10.2. The predicted molar refractivity (Wildman–Crippen MR) is 71.7 cm³/mol. The van der Waals surface area contributed by atoms with E-state index in [0.29, 0.717) is 0 Å². The van der Waals surface area contributed by atoms with Gasteiger partial charge in [-0.3, -0.25) is 9.78 Å². The van der Waals surface area contributed by atoms with E-state index in [4.69, 9.17) is 0 Å². The molecule has 1 N–H and O–H groups in total. The highest BCUT2D eigenvalue weighted by molar-refractivity contribution is 6.08. The smallest absolute Gasteiger partial charge is 0.168 e. The molecule has 0 radical (unpaired) electrons. The van der Waals surface area contributed by atoms with Crippen molar-refractivity contribution in [2.45, 2.75) is 12.8 Å². The lowest BCUT2D eigenvalue weighted by molar-refractivity contribution is 0.0896. The van der Waals surface area contributed by atoms with E-state index in [1.807, 2.05) is 30.5 Å². The van der Waals surface area contributed by atoms with Crippen LogP contribution in [0.2, 0.25) is 0 Å². The SMILES string of the molecule is O=C(c1cncc2ccccc12)C1CCNCC1. The number of piperidine rings is 1. The second-order valence-corrected chi connectivity index (χ2v) is 4.80. The molecule has 2 aromatic rings. The lowest BCUT2D eigenvalue weighted by Gasteiger charge is -2.21. The zero-order chi connectivity index (χ0) is 12.4. The van der Waals surface area contributed by atoms with E-state index in [1.54, 1.807) is 6.20 Å². The van der Waals surface area contributed by atoms with Gasteiger partial charge in [-0.15, -0.1) is 0 Å². The second-order valence-electron chi connectivity index (χ2n) is 4.80. The first-order valence-corrected chi connectivity index (χ1v) is 6.44. The van der Waals surface area contributed by atoms with E-state index in [-0.39, 0.29) is 11.7 Å². The molecule has 0 saturated carbocycles. The fraction of sp³-hybridized carbons (Fsp3) is 0.333. The van der Waals surface area contributed by atoms with Gasteiger partial charge in [0.1, 0.15) is 0 Å². The fourth-order valence-corrected chi connectivity index (χ4v) is 2.62. The quantitative estimate of drug-likeness (QED) is 0.820. The molecule has 3 heteroatoms. The van der Waals surface area contributed by atoms with Crippen molar-refractivity contribution in [1.82, 2.24) is 10.3 Å². The lowest BCUT2D eigenvalue weighted by atomic mass is 9.88. The second kappa shape index (κ2) is 4.86. The number of hydrogen-bond donors (Lipinski definition) is 1. The van der Waals surface area contributed by atoms with E-state index in [9.17, 15) is 4.79 Å². The molecule has 0 unspecified atom stereocenters. The van der Waals surface area contributed by atoms with Crippen molar-refractivity contribution in [3.8, 4) is 0 Å². The average Bonchev–Trinajstić information content (AvgIpc) is 2.47. The summed E-state index contributed by atoms with van der Waals surface area (Å²) < 4.78 is 0. The number of fused-ring (bicyclic) bond motifs is 1. The number of nitrogens with zero attached hydrogens (tertiary/aromatic N) is 1. The Kier molecular flexibility index (Phi) is 3.07. The van der Waals surface area contributed by atoms with Crippen molar-refractivity contribution in [1.29, 1.82) is 0 Å². The normalized spacial score (nSPS) is 16.9. The summed E-state index contributed by atoms with van der Waals surface area (Å²) in [6.45, 7) is 1.88. The first-order valence-electron chi connectivity index (χ1n) is 6.44. The number of nitrogens with one attached hydrogen (secondary N) is 1. The Hall–Kier alpha value is -1.74. The van der Waals surface area contributed by atoms with Crippen molar-refractivity contribution < 1.29 is 4.79 Å². The highest BCUT2D eigenvalue weighted by Crippen LogP contribution is 2.23. The van der Waals surface area contributed by atoms with Crippen LogP contribution in [0, 0.1) is 5.92 Å². The maximum Gasteiger partial charge on any atom is 0.168 e. The van der Waals surface area contributed by atoms with Crippen molar-refractivity contribution in [3.63, 3.8) is 0 Å². The number of carbonyl (C=O) groups excluding carboxylic acids is 1. The van der Waals surface area contributed by atoms with Gasteiger partial charge in [-0.1, -0.05) is 24.3 Å². The molecule has 92 valence electrons. The molecule has 1 aliphatic rings. The van der Waals surface area contributed by atoms with Crippen molar-refractivity contribution in [2.24, 2.45) is 5.92 Å². The Morgan fingerprint density at radius 2 is 1.94 bits per heavy atom. The number of aromatic nitrogens is 1. The maximum absolute atomic E-state index is 12.5. The van der Waals surface area contributed by atoms with Crippen LogP contribution in [0.4, 0.5) is 0 Å². The van der Waals surface area contributed by atoms with Crippen molar-refractivity contribution in [2.75, 3.05) is 13.1 Å². The minimum absolute atomic E-state index is 0.152. The summed E-state index contributed by atoms with van der Waals surface area (Å²) in [5.74, 6) is 0.402. The van der Waals surface area contributed by atoms with Crippen LogP contribution in [0.15, 0.2) is 36.7 Å². The van der Waals surface area contributed by atoms with Gasteiger partial charge in [-0.05, 0) is 31.3 Å². The van der Waals surface area contributed by atoms with Crippen LogP contribution >= 0.6 is 0 Å². The summed E-state index contributed by atoms with van der Waals surface area (Å²) in [6, 6.07) is 7.96. The van der Waals surface area contributed by atoms with Gasteiger partial charge in [0.15, 0.2) is 5.78 Å². The molecular weight excluding hydrogens is 224 g/mol. The molecule has 1 fully saturated rings. The Bertz CT molecular complexity index is 568. The van der Waals surface area contributed by atoms with Gasteiger partial charge in [-0.25, -0.2) is 0 Å². The Morgan fingerprint density at radius 3 is 2.78 bits per heavy atom. The number of rotatable bonds is 2. The minimum Gasteiger partial charge on any atom is -0.317 e. The fourth-order valence-electron chi connectivity index (χ4n) is 2.62. The largest absolute Gasteiger partial charge is 0.317 e. The standard InChI is InChI=1S/C15H16N2O/c18-15(11-5-7-16-8-6-11)14-10-17-9-12-3-1-2-4-13(12)14/h1-4,9-11,16H,5-8H2.